The summed E-state index contributed by atoms with van der Waals surface area (Å²) in [7, 11) is 0. The molecule has 48 heavy (non-hydrogen) atoms. The second-order valence-electron chi connectivity index (χ2n) is 12.5. The number of aromatic nitrogens is 1. The quantitative estimate of drug-likeness (QED) is 0.191. The largest absolute Gasteiger partial charge is 0.313 e. The van der Waals surface area contributed by atoms with Crippen LogP contribution in [0.25, 0.3) is 66.1 Å². The van der Waals surface area contributed by atoms with E-state index < -0.39 is 0 Å². The minimum absolute atomic E-state index is 1.15. The van der Waals surface area contributed by atoms with E-state index in [-0.39, 0.29) is 0 Å². The van der Waals surface area contributed by atoms with E-state index >= 15 is 0 Å². The molecule has 0 unspecified atom stereocenters. The lowest BCUT2D eigenvalue weighted by Gasteiger charge is -2.28. The van der Waals surface area contributed by atoms with Gasteiger partial charge in [0.2, 0.25) is 0 Å². The Morgan fingerprint density at radius 3 is 2.04 bits per heavy atom. The minimum atomic E-state index is 1.15. The molecule has 7 aromatic carbocycles. The van der Waals surface area contributed by atoms with Crippen LogP contribution in [0.1, 0.15) is 19.4 Å². The molecule has 1 aliphatic rings. The normalized spacial score (nSPS) is 13.0. The van der Waals surface area contributed by atoms with E-state index in [9.17, 15) is 0 Å². The Bertz CT molecular complexity index is 2580. The fourth-order valence-electron chi connectivity index (χ4n) is 7.80. The van der Waals surface area contributed by atoms with Crippen molar-refractivity contribution in [1.82, 2.24) is 4.57 Å². The van der Waals surface area contributed by atoms with Crippen molar-refractivity contribution < 1.29 is 0 Å². The molecule has 0 atom stereocenters. The molecule has 9 rings (SSSR count). The molecule has 2 heterocycles. The maximum atomic E-state index is 2.45. The molecule has 8 aromatic rings. The molecule has 0 saturated carbocycles. The summed E-state index contributed by atoms with van der Waals surface area (Å²) in [4.78, 5) is 2.44. The number of fused-ring (bicyclic) bond motifs is 8. The van der Waals surface area contributed by atoms with Gasteiger partial charge in [-0.1, -0.05) is 127 Å². The summed E-state index contributed by atoms with van der Waals surface area (Å²) in [6.07, 6.45) is 4.41. The monoisotopic (exact) mass is 614 g/mol. The van der Waals surface area contributed by atoms with Gasteiger partial charge in [0.15, 0.2) is 0 Å². The molecule has 0 radical (unpaired) electrons. The van der Waals surface area contributed by atoms with Crippen molar-refractivity contribution >= 4 is 49.5 Å². The van der Waals surface area contributed by atoms with Crippen LogP contribution in [0.5, 0.6) is 0 Å². The topological polar surface area (TPSA) is 8.17 Å². The number of hydrogen-bond donors (Lipinski definition) is 0. The highest BCUT2D eigenvalue weighted by molar-refractivity contribution is 6.20. The average Bonchev–Trinajstić information content (AvgIpc) is 3.44. The second kappa shape index (κ2) is 11.3. The molecule has 0 bridgehead atoms. The predicted molar refractivity (Wildman–Crippen MR) is 205 cm³/mol. The highest BCUT2D eigenvalue weighted by Crippen LogP contribution is 2.51. The summed E-state index contributed by atoms with van der Waals surface area (Å²) in [5.41, 5.74) is 14.5. The fourth-order valence-corrected chi connectivity index (χ4v) is 7.80. The maximum Gasteiger partial charge on any atom is 0.0548 e. The van der Waals surface area contributed by atoms with Gasteiger partial charge in [0, 0.05) is 39.0 Å². The SMILES string of the molecule is C/C=C\C1=C(C)N(c2ccccc2)c2ccc3c(c2-c2ccccc21)c1ccccc1n3-c1cccc(-c2cccc3ccccc23)c1. The van der Waals surface area contributed by atoms with Gasteiger partial charge in [-0.2, -0.15) is 0 Å². The zero-order valence-corrected chi connectivity index (χ0v) is 27.1. The number of hydrogen-bond acceptors (Lipinski definition) is 1. The Kier molecular flexibility index (Phi) is 6.62. The molecule has 0 N–H and O–H groups in total. The molecule has 2 nitrogen and oxygen atoms in total. The van der Waals surface area contributed by atoms with Crippen molar-refractivity contribution in [3.8, 4) is 27.9 Å². The lowest BCUT2D eigenvalue weighted by atomic mass is 9.91. The van der Waals surface area contributed by atoms with Crippen LogP contribution < -0.4 is 4.90 Å². The van der Waals surface area contributed by atoms with E-state index in [2.05, 4.69) is 193 Å². The highest BCUT2D eigenvalue weighted by atomic mass is 15.2. The summed E-state index contributed by atoms with van der Waals surface area (Å²) in [6.45, 7) is 4.35. The van der Waals surface area contributed by atoms with E-state index in [4.69, 9.17) is 0 Å². The van der Waals surface area contributed by atoms with Crippen molar-refractivity contribution in [2.45, 2.75) is 13.8 Å². The van der Waals surface area contributed by atoms with Crippen LogP contribution in [0, 0.1) is 0 Å². The maximum absolute atomic E-state index is 2.45. The van der Waals surface area contributed by atoms with Gasteiger partial charge < -0.3 is 9.47 Å². The summed E-state index contributed by atoms with van der Waals surface area (Å²) < 4.78 is 2.45. The summed E-state index contributed by atoms with van der Waals surface area (Å²) in [5.74, 6) is 0. The number of nitrogens with zero attached hydrogens (tertiary/aromatic N) is 2. The van der Waals surface area contributed by atoms with Crippen molar-refractivity contribution in [2.75, 3.05) is 4.90 Å². The lowest BCUT2D eigenvalue weighted by Crippen LogP contribution is -2.15. The first-order valence-corrected chi connectivity index (χ1v) is 16.7. The lowest BCUT2D eigenvalue weighted by molar-refractivity contribution is 1.16. The number of benzene rings is 7. The van der Waals surface area contributed by atoms with Gasteiger partial charge in [0.1, 0.15) is 0 Å². The van der Waals surface area contributed by atoms with Gasteiger partial charge >= 0.3 is 0 Å². The number of allylic oxidation sites excluding steroid dienone is 4. The Hall–Kier alpha value is -6.12. The Morgan fingerprint density at radius 1 is 0.521 bits per heavy atom. The Morgan fingerprint density at radius 2 is 1.19 bits per heavy atom. The van der Waals surface area contributed by atoms with E-state index in [1.165, 1.54) is 77.4 Å². The third kappa shape index (κ3) is 4.27. The van der Waals surface area contributed by atoms with Gasteiger partial charge in [0.25, 0.3) is 0 Å². The van der Waals surface area contributed by atoms with Gasteiger partial charge in [-0.25, -0.2) is 0 Å². The van der Waals surface area contributed by atoms with Crippen LogP contribution >= 0.6 is 0 Å². The van der Waals surface area contributed by atoms with E-state index in [0.717, 1.165) is 11.4 Å². The van der Waals surface area contributed by atoms with Crippen LogP contribution in [-0.4, -0.2) is 4.57 Å². The van der Waals surface area contributed by atoms with Gasteiger partial charge in [0.05, 0.1) is 16.7 Å². The molecule has 0 aliphatic carbocycles. The Labute approximate surface area is 281 Å². The predicted octanol–water partition coefficient (Wildman–Crippen LogP) is 12.7. The Balaban J connectivity index is 1.37. The third-order valence-electron chi connectivity index (χ3n) is 9.82. The number of anilines is 2. The molecular weight excluding hydrogens is 581 g/mol. The molecule has 228 valence electrons. The molecule has 0 saturated heterocycles. The fraction of sp³-hybridized carbons (Fsp3) is 0.0435. The zero-order valence-electron chi connectivity index (χ0n) is 27.1. The molecule has 1 aliphatic heterocycles. The first-order valence-electron chi connectivity index (χ1n) is 16.7. The summed E-state index contributed by atoms with van der Waals surface area (Å²) in [5, 5.41) is 5.03. The van der Waals surface area contributed by atoms with Crippen molar-refractivity contribution in [2.24, 2.45) is 0 Å². The second-order valence-corrected chi connectivity index (χ2v) is 12.5. The van der Waals surface area contributed by atoms with Gasteiger partial charge in [-0.3, -0.25) is 0 Å². The highest BCUT2D eigenvalue weighted by Gasteiger charge is 2.28. The zero-order chi connectivity index (χ0) is 32.2. The first kappa shape index (κ1) is 28.1. The van der Waals surface area contributed by atoms with E-state index in [0.29, 0.717) is 0 Å². The van der Waals surface area contributed by atoms with Crippen molar-refractivity contribution in [1.29, 1.82) is 0 Å². The van der Waals surface area contributed by atoms with E-state index in [1.807, 2.05) is 0 Å². The van der Waals surface area contributed by atoms with Crippen molar-refractivity contribution in [3.63, 3.8) is 0 Å². The standard InChI is InChI=1S/C46H34N2/c1-3-15-36-31(2)47(34-19-5-4-6-20-34)43-28-29-44-46(45(43)40-24-10-9-23-39(36)40)41-25-11-12-27-42(41)48(44)35-21-13-18-33(30-35)38-26-14-17-32-16-7-8-22-37(32)38/h3-30H,1-2H3/b15-3-. The third-order valence-corrected chi connectivity index (χ3v) is 9.82. The van der Waals surface area contributed by atoms with E-state index in [1.54, 1.807) is 0 Å². The van der Waals surface area contributed by atoms with Gasteiger partial charge in [-0.15, -0.1) is 0 Å². The smallest absolute Gasteiger partial charge is 0.0548 e. The van der Waals surface area contributed by atoms with Crippen LogP contribution in [-0.2, 0) is 0 Å². The molecule has 2 heteroatoms. The number of para-hydroxylation sites is 2. The molecule has 0 spiro atoms. The van der Waals surface area contributed by atoms with Crippen LogP contribution in [0.3, 0.4) is 0 Å². The van der Waals surface area contributed by atoms with Gasteiger partial charge in [-0.05, 0) is 89.3 Å². The molecule has 0 amide bonds. The minimum Gasteiger partial charge on any atom is -0.313 e. The number of rotatable bonds is 4. The molecule has 1 aromatic heterocycles. The van der Waals surface area contributed by atoms with Crippen LogP contribution in [0.4, 0.5) is 11.4 Å². The summed E-state index contributed by atoms with van der Waals surface area (Å²) in [6, 6.07) is 57.5. The van der Waals surface area contributed by atoms with Crippen LogP contribution in [0.2, 0.25) is 0 Å². The van der Waals surface area contributed by atoms with Crippen molar-refractivity contribution in [3.05, 3.63) is 181 Å². The average molecular weight is 615 g/mol. The molecular formula is C46H34N2. The van der Waals surface area contributed by atoms with Crippen LogP contribution in [0.15, 0.2) is 176 Å². The molecule has 0 fully saturated rings. The first-order chi connectivity index (χ1) is 23.7. The summed E-state index contributed by atoms with van der Waals surface area (Å²) >= 11 is 0.